The van der Waals surface area contributed by atoms with Gasteiger partial charge in [0.1, 0.15) is 17.7 Å². The number of hydrogen-bond acceptors (Lipinski definition) is 9. The molecule has 3 aromatic rings. The summed E-state index contributed by atoms with van der Waals surface area (Å²) in [7, 11) is 1.72. The van der Waals surface area contributed by atoms with Crippen LogP contribution in [-0.4, -0.2) is 78.2 Å². The Balaban J connectivity index is 1.67. The molecule has 44 heavy (non-hydrogen) atoms. The molecule has 3 rings (SSSR count). The molecule has 0 aliphatic rings. The van der Waals surface area contributed by atoms with Crippen molar-refractivity contribution >= 4 is 52.4 Å². The number of nitrogens with zero attached hydrogens (tertiary/aromatic N) is 3. The first-order valence-electron chi connectivity index (χ1n) is 13.2. The van der Waals surface area contributed by atoms with Crippen LogP contribution in [0.1, 0.15) is 41.6 Å². The van der Waals surface area contributed by atoms with Crippen molar-refractivity contribution in [2.45, 2.75) is 44.3 Å². The number of aliphatic carboxylic acids is 3. The standard InChI is InChI=1S/C28H31N7O9/c1-3-12-35(14-16-13-34(2)23-22(16)25(40)33-28(29)32-23)17-6-4-15(5-7-17)24(39)31-19(27(43)44)8-10-20(36)30-18(26(41)42)9-11-21(37)38/h1,4-7,13,18-19H,8-12,14H2,2H3,(H,30,36)(H,31,39)(H,37,38)(H,41,42)(H,43,44)(H3,29,32,33,40)/t18-,19-/m0/s1. The summed E-state index contributed by atoms with van der Waals surface area (Å²) < 4.78 is 1.67. The average Bonchev–Trinajstić information content (AvgIpc) is 3.27. The molecule has 0 unspecified atom stereocenters. The number of aromatic nitrogens is 3. The monoisotopic (exact) mass is 609 g/mol. The van der Waals surface area contributed by atoms with Crippen molar-refractivity contribution in [1.29, 1.82) is 0 Å². The Labute approximate surface area is 249 Å². The van der Waals surface area contributed by atoms with E-state index in [0.29, 0.717) is 22.3 Å². The van der Waals surface area contributed by atoms with Crippen LogP contribution in [0.25, 0.3) is 11.0 Å². The highest BCUT2D eigenvalue weighted by Crippen LogP contribution is 2.22. The van der Waals surface area contributed by atoms with Gasteiger partial charge < -0.3 is 41.2 Å². The molecule has 0 saturated carbocycles. The summed E-state index contributed by atoms with van der Waals surface area (Å²) in [6.07, 6.45) is 5.69. The normalized spacial score (nSPS) is 12.1. The van der Waals surface area contributed by atoms with Gasteiger partial charge >= 0.3 is 17.9 Å². The molecule has 2 heterocycles. The first kappa shape index (κ1) is 32.7. The first-order chi connectivity index (χ1) is 20.8. The van der Waals surface area contributed by atoms with Gasteiger partial charge in [0, 0.05) is 49.4 Å². The van der Waals surface area contributed by atoms with E-state index < -0.39 is 60.2 Å². The van der Waals surface area contributed by atoms with E-state index in [1.165, 1.54) is 12.1 Å². The highest BCUT2D eigenvalue weighted by atomic mass is 16.4. The zero-order valence-electron chi connectivity index (χ0n) is 23.6. The van der Waals surface area contributed by atoms with Crippen molar-refractivity contribution in [3.05, 3.63) is 51.9 Å². The number of fused-ring (bicyclic) bond motifs is 1. The molecule has 8 N–H and O–H groups in total. The summed E-state index contributed by atoms with van der Waals surface area (Å²) in [5.41, 5.74) is 7.03. The summed E-state index contributed by atoms with van der Waals surface area (Å²) in [6.45, 7) is 0.383. The van der Waals surface area contributed by atoms with Crippen LogP contribution < -0.4 is 26.8 Å². The number of carbonyl (C=O) groups excluding carboxylic acids is 2. The molecule has 0 radical (unpaired) electrons. The van der Waals surface area contributed by atoms with Gasteiger partial charge in [-0.25, -0.2) is 9.59 Å². The van der Waals surface area contributed by atoms with E-state index in [2.05, 4.69) is 26.5 Å². The number of anilines is 2. The molecular weight excluding hydrogens is 578 g/mol. The summed E-state index contributed by atoms with van der Waals surface area (Å²) in [6, 6.07) is 3.19. The highest BCUT2D eigenvalue weighted by Gasteiger charge is 2.25. The molecule has 2 atom stereocenters. The number of aromatic amines is 1. The molecular formula is C28H31N7O9. The summed E-state index contributed by atoms with van der Waals surface area (Å²) >= 11 is 0. The number of carboxylic acid groups (broad SMARTS) is 3. The molecule has 0 spiro atoms. The van der Waals surface area contributed by atoms with Gasteiger partial charge in [-0.05, 0) is 37.1 Å². The number of carbonyl (C=O) groups is 5. The predicted molar refractivity (Wildman–Crippen MR) is 157 cm³/mol. The Hall–Kier alpha value is -5.85. The molecule has 0 bridgehead atoms. The van der Waals surface area contributed by atoms with Crippen molar-refractivity contribution in [1.82, 2.24) is 25.2 Å². The van der Waals surface area contributed by atoms with Crippen molar-refractivity contribution in [2.75, 3.05) is 17.2 Å². The van der Waals surface area contributed by atoms with Crippen LogP contribution in [0.15, 0.2) is 35.3 Å². The third kappa shape index (κ3) is 8.35. The molecule has 2 aromatic heterocycles. The van der Waals surface area contributed by atoms with Gasteiger partial charge in [-0.1, -0.05) is 5.92 Å². The minimum absolute atomic E-state index is 0.0159. The van der Waals surface area contributed by atoms with E-state index in [0.717, 1.165) is 0 Å². The Kier molecular flexibility index (Phi) is 10.7. The van der Waals surface area contributed by atoms with Crippen LogP contribution in [0.3, 0.4) is 0 Å². The Bertz CT molecular complexity index is 1670. The van der Waals surface area contributed by atoms with Crippen LogP contribution in [0.5, 0.6) is 0 Å². The highest BCUT2D eigenvalue weighted by molar-refractivity contribution is 5.97. The minimum atomic E-state index is -1.47. The molecule has 232 valence electrons. The fourth-order valence-corrected chi connectivity index (χ4v) is 4.45. The number of benzene rings is 1. The topological polar surface area (TPSA) is 250 Å². The second-order valence-corrected chi connectivity index (χ2v) is 9.82. The maximum absolute atomic E-state index is 12.8. The lowest BCUT2D eigenvalue weighted by Crippen LogP contribution is -2.44. The van der Waals surface area contributed by atoms with Crippen molar-refractivity contribution in [3.63, 3.8) is 0 Å². The number of nitrogens with two attached hydrogens (primary N) is 1. The maximum atomic E-state index is 12.8. The van der Waals surface area contributed by atoms with Crippen molar-refractivity contribution < 1.29 is 39.3 Å². The van der Waals surface area contributed by atoms with E-state index in [-0.39, 0.29) is 37.4 Å². The van der Waals surface area contributed by atoms with Crippen LogP contribution in [0.2, 0.25) is 0 Å². The van der Waals surface area contributed by atoms with Gasteiger partial charge in [0.25, 0.3) is 11.5 Å². The van der Waals surface area contributed by atoms with Gasteiger partial charge in [0.05, 0.1) is 11.9 Å². The minimum Gasteiger partial charge on any atom is -0.481 e. The van der Waals surface area contributed by atoms with E-state index in [9.17, 15) is 39.0 Å². The van der Waals surface area contributed by atoms with E-state index >= 15 is 0 Å². The van der Waals surface area contributed by atoms with E-state index in [1.807, 2.05) is 0 Å². The molecule has 0 fully saturated rings. The molecule has 0 aliphatic carbocycles. The van der Waals surface area contributed by atoms with Crippen LogP contribution in [0.4, 0.5) is 11.6 Å². The second-order valence-electron chi connectivity index (χ2n) is 9.82. The molecule has 1 aromatic carbocycles. The SMILES string of the molecule is C#CCN(Cc1cn(C)c2nc(N)[nH]c(=O)c12)c1ccc(C(=O)N[C@@H](CCC(=O)N[C@@H](CCC(=O)O)C(=O)O)C(=O)O)cc1. The second kappa shape index (κ2) is 14.4. The summed E-state index contributed by atoms with van der Waals surface area (Å²) in [5, 5.41) is 32.3. The molecule has 0 aliphatic heterocycles. The number of rotatable bonds is 15. The molecule has 16 nitrogen and oxygen atoms in total. The predicted octanol–water partition coefficient (Wildman–Crippen LogP) is -0.119. The Morgan fingerprint density at radius 2 is 1.66 bits per heavy atom. The molecule has 0 saturated heterocycles. The maximum Gasteiger partial charge on any atom is 0.326 e. The fraction of sp³-hybridized carbons (Fsp3) is 0.321. The Morgan fingerprint density at radius 1 is 1.05 bits per heavy atom. The summed E-state index contributed by atoms with van der Waals surface area (Å²) in [4.78, 5) is 79.8. The van der Waals surface area contributed by atoms with Gasteiger partial charge in [0.2, 0.25) is 11.9 Å². The van der Waals surface area contributed by atoms with E-state index in [4.69, 9.17) is 17.3 Å². The first-order valence-corrected chi connectivity index (χ1v) is 13.2. The number of carboxylic acids is 3. The van der Waals surface area contributed by atoms with Gasteiger partial charge in [-0.2, -0.15) is 4.98 Å². The van der Waals surface area contributed by atoms with Crippen LogP contribution >= 0.6 is 0 Å². The average molecular weight is 610 g/mol. The number of hydrogen-bond donors (Lipinski definition) is 7. The molecule has 2 amide bonds. The number of nitrogens with one attached hydrogen (secondary N) is 3. The summed E-state index contributed by atoms with van der Waals surface area (Å²) in [5.74, 6) is -3.08. The number of amides is 2. The fourth-order valence-electron chi connectivity index (χ4n) is 4.45. The lowest BCUT2D eigenvalue weighted by Gasteiger charge is -2.22. The molecule has 16 heteroatoms. The van der Waals surface area contributed by atoms with Crippen LogP contribution in [0, 0.1) is 12.3 Å². The smallest absolute Gasteiger partial charge is 0.326 e. The van der Waals surface area contributed by atoms with Gasteiger partial charge in [-0.15, -0.1) is 6.42 Å². The quantitative estimate of drug-likeness (QED) is 0.111. The van der Waals surface area contributed by atoms with Crippen molar-refractivity contribution in [3.8, 4) is 12.3 Å². The number of nitrogen functional groups attached to an aromatic ring is 1. The van der Waals surface area contributed by atoms with Crippen LogP contribution in [-0.2, 0) is 32.8 Å². The lowest BCUT2D eigenvalue weighted by atomic mass is 10.1. The van der Waals surface area contributed by atoms with E-state index in [1.54, 1.807) is 34.8 Å². The zero-order valence-corrected chi connectivity index (χ0v) is 23.6. The zero-order chi connectivity index (χ0) is 32.6. The third-order valence-electron chi connectivity index (χ3n) is 6.60. The number of aryl methyl sites for hydroxylation is 1. The van der Waals surface area contributed by atoms with Gasteiger partial charge in [0.15, 0.2) is 0 Å². The van der Waals surface area contributed by atoms with Crippen molar-refractivity contribution in [2.24, 2.45) is 7.05 Å². The number of H-pyrrole nitrogens is 1. The lowest BCUT2D eigenvalue weighted by molar-refractivity contribution is -0.143. The number of terminal acetylenes is 1. The van der Waals surface area contributed by atoms with Gasteiger partial charge in [-0.3, -0.25) is 24.2 Å². The third-order valence-corrected chi connectivity index (χ3v) is 6.60. The largest absolute Gasteiger partial charge is 0.481 e. The Morgan fingerprint density at radius 3 is 2.25 bits per heavy atom.